The number of nitrogens with two attached hydrogens (primary N) is 3. The number of carbonyl (C=O) groups excluding carboxylic acids is 4. The molecule has 0 rings (SSSR count). The van der Waals surface area contributed by atoms with Gasteiger partial charge >= 0.3 is 0 Å². The summed E-state index contributed by atoms with van der Waals surface area (Å²) in [6.45, 7) is 5.01. The van der Waals surface area contributed by atoms with Gasteiger partial charge < -0.3 is 43.8 Å². The third-order valence-corrected chi connectivity index (χ3v) is 9.00. The highest BCUT2D eigenvalue weighted by Gasteiger charge is 2.28. The molecule has 4 amide bonds. The minimum Gasteiger partial charge on any atom is -0.356 e. The van der Waals surface area contributed by atoms with Crippen molar-refractivity contribution in [1.29, 1.82) is 0 Å². The fraction of sp³-hybridized carbons (Fsp3) is 0.892. The van der Waals surface area contributed by atoms with Crippen LogP contribution < -0.4 is 43.8 Å². The largest absolute Gasteiger partial charge is 0.356 e. The molecular weight excluding hydrogens is 620 g/mol. The zero-order chi connectivity index (χ0) is 36.4. The van der Waals surface area contributed by atoms with Gasteiger partial charge in [0.15, 0.2) is 0 Å². The van der Waals surface area contributed by atoms with Crippen LogP contribution in [0.2, 0.25) is 0 Å². The van der Waals surface area contributed by atoms with Gasteiger partial charge in [0.05, 0.1) is 6.04 Å². The fourth-order valence-corrected chi connectivity index (χ4v) is 5.82. The second-order valence-electron chi connectivity index (χ2n) is 13.5. The van der Waals surface area contributed by atoms with Crippen molar-refractivity contribution >= 4 is 23.6 Å². The van der Waals surface area contributed by atoms with Crippen LogP contribution >= 0.6 is 0 Å². The van der Waals surface area contributed by atoms with E-state index < -0.39 is 18.1 Å². The zero-order valence-corrected chi connectivity index (χ0v) is 31.4. The van der Waals surface area contributed by atoms with Gasteiger partial charge in [0.1, 0.15) is 12.1 Å². The number of likely N-dealkylation sites (N-methyl/N-ethyl adjacent to an activating group) is 1. The van der Waals surface area contributed by atoms with Gasteiger partial charge in [-0.2, -0.15) is 0 Å². The molecule has 0 heterocycles. The molecule has 0 spiro atoms. The summed E-state index contributed by atoms with van der Waals surface area (Å²) in [7, 11) is 1.73. The van der Waals surface area contributed by atoms with E-state index in [9.17, 15) is 19.2 Å². The Morgan fingerprint density at radius 2 is 0.878 bits per heavy atom. The number of amides is 4. The quantitative estimate of drug-likeness (QED) is 0.0458. The lowest BCUT2D eigenvalue weighted by atomic mass is 10.0. The van der Waals surface area contributed by atoms with E-state index in [1.807, 2.05) is 0 Å². The first kappa shape index (κ1) is 46.7. The minimum absolute atomic E-state index is 0.142. The van der Waals surface area contributed by atoms with Crippen LogP contribution in [-0.4, -0.2) is 81.5 Å². The maximum atomic E-state index is 13.4. The van der Waals surface area contributed by atoms with Gasteiger partial charge in [0.2, 0.25) is 23.6 Å². The number of nitrogens with one attached hydrogen (secondary N) is 5. The maximum absolute atomic E-state index is 13.4. The van der Waals surface area contributed by atoms with Crippen LogP contribution in [0.5, 0.6) is 0 Å². The predicted octanol–water partition coefficient (Wildman–Crippen LogP) is 3.64. The Balaban J connectivity index is 4.58. The highest BCUT2D eigenvalue weighted by molar-refractivity contribution is 5.93. The number of hydrogen-bond acceptors (Lipinski definition) is 8. The van der Waals surface area contributed by atoms with E-state index in [0.717, 1.165) is 64.2 Å². The highest BCUT2D eigenvalue weighted by Crippen LogP contribution is 2.11. The van der Waals surface area contributed by atoms with Crippen molar-refractivity contribution in [1.82, 2.24) is 26.6 Å². The van der Waals surface area contributed by atoms with Crippen LogP contribution in [0.4, 0.5) is 0 Å². The smallest absolute Gasteiger partial charge is 0.243 e. The Bertz CT molecular complexity index is 832. The molecule has 12 nitrogen and oxygen atoms in total. The zero-order valence-electron chi connectivity index (χ0n) is 31.4. The Kier molecular flexibility index (Phi) is 32.6. The summed E-state index contributed by atoms with van der Waals surface area (Å²) in [5, 5.41) is 14.9. The Morgan fingerprint density at radius 3 is 1.37 bits per heavy atom. The van der Waals surface area contributed by atoms with E-state index in [4.69, 9.17) is 17.2 Å². The van der Waals surface area contributed by atoms with Crippen LogP contribution in [0.1, 0.15) is 155 Å². The average molecular weight is 697 g/mol. The molecular formula is C37H76N8O4. The summed E-state index contributed by atoms with van der Waals surface area (Å²) in [5.74, 6) is -0.690. The second-order valence-corrected chi connectivity index (χ2v) is 13.5. The van der Waals surface area contributed by atoms with Gasteiger partial charge in [0, 0.05) is 19.5 Å². The first-order valence-corrected chi connectivity index (χ1v) is 19.8. The second kappa shape index (κ2) is 34.2. The molecule has 0 saturated heterocycles. The average Bonchev–Trinajstić information content (AvgIpc) is 3.09. The Morgan fingerprint density at radius 1 is 0.469 bits per heavy atom. The summed E-state index contributed by atoms with van der Waals surface area (Å²) in [6, 6.07) is -1.90. The molecule has 0 fully saturated rings. The van der Waals surface area contributed by atoms with E-state index >= 15 is 0 Å². The van der Waals surface area contributed by atoms with Crippen LogP contribution in [0, 0.1) is 0 Å². The van der Waals surface area contributed by atoms with Gasteiger partial charge in [-0.15, -0.1) is 0 Å². The van der Waals surface area contributed by atoms with Crippen molar-refractivity contribution in [2.45, 2.75) is 173 Å². The number of hydrogen-bond donors (Lipinski definition) is 8. The van der Waals surface area contributed by atoms with Gasteiger partial charge in [0.25, 0.3) is 0 Å². The van der Waals surface area contributed by atoms with E-state index in [-0.39, 0.29) is 23.6 Å². The van der Waals surface area contributed by atoms with Gasteiger partial charge in [-0.25, -0.2) is 0 Å². The van der Waals surface area contributed by atoms with Crippen molar-refractivity contribution in [2.75, 3.05) is 39.8 Å². The van der Waals surface area contributed by atoms with Gasteiger partial charge in [-0.1, -0.05) is 77.6 Å². The van der Waals surface area contributed by atoms with Crippen molar-refractivity contribution in [3.8, 4) is 0 Å². The summed E-state index contributed by atoms with van der Waals surface area (Å²) in [4.78, 5) is 51.7. The van der Waals surface area contributed by atoms with Crippen LogP contribution in [0.15, 0.2) is 0 Å². The molecule has 288 valence electrons. The molecule has 0 saturated carbocycles. The first-order valence-electron chi connectivity index (χ1n) is 19.8. The summed E-state index contributed by atoms with van der Waals surface area (Å²) in [6.07, 6.45) is 21.5. The molecule has 0 aromatic rings. The van der Waals surface area contributed by atoms with Crippen LogP contribution in [-0.2, 0) is 19.2 Å². The summed E-state index contributed by atoms with van der Waals surface area (Å²) < 4.78 is 0. The summed E-state index contributed by atoms with van der Waals surface area (Å²) in [5.41, 5.74) is 17.0. The monoisotopic (exact) mass is 697 g/mol. The molecule has 0 aromatic heterocycles. The lowest BCUT2D eigenvalue weighted by Gasteiger charge is -2.25. The SMILES string of the molecule is CCCCCCCCCCCC(=O)NCCCCCCNC(=O)C(CCCCN)NC(=O)C(CCCCN)NC(=O)C(CCCCN)NC. The standard InChI is InChI=1S/C37H76N8O4/c1-3-4-5-6-7-8-9-10-13-25-34(46)42-29-20-11-12-21-30-43-35(47)32(23-15-18-27-39)44-37(49)33(24-16-19-28-40)45-36(48)31(41-2)22-14-17-26-38/h31-33,41H,3-30,38-40H2,1-2H3,(H,42,46)(H,43,47)(H,44,49)(H,45,48). The molecule has 0 aromatic carbocycles. The van der Waals surface area contributed by atoms with Gasteiger partial charge in [-0.3, -0.25) is 19.2 Å². The van der Waals surface area contributed by atoms with E-state index in [2.05, 4.69) is 33.5 Å². The van der Waals surface area contributed by atoms with Crippen LogP contribution in [0.3, 0.4) is 0 Å². The Hall–Kier alpha value is -2.28. The van der Waals surface area contributed by atoms with Crippen LogP contribution in [0.25, 0.3) is 0 Å². The third-order valence-electron chi connectivity index (χ3n) is 9.00. The highest BCUT2D eigenvalue weighted by atomic mass is 16.2. The van der Waals surface area contributed by atoms with Crippen molar-refractivity contribution in [3.05, 3.63) is 0 Å². The topological polar surface area (TPSA) is 206 Å². The molecule has 3 atom stereocenters. The van der Waals surface area contributed by atoms with Gasteiger partial charge in [-0.05, 0) is 97.3 Å². The normalized spacial score (nSPS) is 13.0. The van der Waals surface area contributed by atoms with Crippen molar-refractivity contribution < 1.29 is 19.2 Å². The number of carbonyl (C=O) groups is 4. The van der Waals surface area contributed by atoms with E-state index in [1.165, 1.54) is 44.9 Å². The molecule has 3 unspecified atom stereocenters. The Labute approximate surface area is 298 Å². The molecule has 0 aliphatic carbocycles. The molecule has 0 aliphatic heterocycles. The van der Waals surface area contributed by atoms with Crippen molar-refractivity contribution in [3.63, 3.8) is 0 Å². The summed E-state index contributed by atoms with van der Waals surface area (Å²) >= 11 is 0. The molecule has 49 heavy (non-hydrogen) atoms. The fourth-order valence-electron chi connectivity index (χ4n) is 5.82. The van der Waals surface area contributed by atoms with E-state index in [0.29, 0.717) is 71.2 Å². The molecule has 0 aliphatic rings. The molecule has 12 heteroatoms. The molecule has 0 radical (unpaired) electrons. The predicted molar refractivity (Wildman–Crippen MR) is 202 cm³/mol. The first-order chi connectivity index (χ1) is 23.8. The lowest BCUT2D eigenvalue weighted by molar-refractivity contribution is -0.133. The molecule has 11 N–H and O–H groups in total. The number of unbranched alkanes of at least 4 members (excludes halogenated alkanes) is 14. The van der Waals surface area contributed by atoms with E-state index in [1.54, 1.807) is 7.05 Å². The maximum Gasteiger partial charge on any atom is 0.243 e. The minimum atomic E-state index is -0.764. The number of rotatable bonds is 35. The molecule has 0 bridgehead atoms. The van der Waals surface area contributed by atoms with Crippen molar-refractivity contribution in [2.24, 2.45) is 17.2 Å². The third kappa shape index (κ3) is 27.2. The lowest BCUT2D eigenvalue weighted by Crippen LogP contribution is -2.56.